The van der Waals surface area contributed by atoms with Gasteiger partial charge in [-0.25, -0.2) is 0 Å². The molecule has 1 aliphatic carbocycles. The van der Waals surface area contributed by atoms with Crippen LogP contribution in [0.25, 0.3) is 0 Å². The zero-order valence-corrected chi connectivity index (χ0v) is 14.5. The molecule has 24 heavy (non-hydrogen) atoms. The van der Waals surface area contributed by atoms with Gasteiger partial charge in [0, 0.05) is 0 Å². The molecule has 3 N–H and O–H groups in total. The first-order valence-electron chi connectivity index (χ1n) is 7.81. The van der Waals surface area contributed by atoms with Crippen LogP contribution in [0.5, 0.6) is 0 Å². The topological polar surface area (TPSA) is 124 Å². The van der Waals surface area contributed by atoms with E-state index in [1.807, 2.05) is 12.1 Å². The van der Waals surface area contributed by atoms with Gasteiger partial charge in [0.1, 0.15) is 11.2 Å². The molecule has 2 atom stereocenters. The monoisotopic (exact) mass is 349 g/mol. The third-order valence-electron chi connectivity index (χ3n) is 4.84. The molecule has 0 aromatic carbocycles. The molecule has 0 saturated heterocycles. The highest BCUT2D eigenvalue weighted by Crippen LogP contribution is 2.51. The van der Waals surface area contributed by atoms with Gasteiger partial charge in [-0.3, -0.25) is 4.79 Å². The molecule has 1 saturated carbocycles. The summed E-state index contributed by atoms with van der Waals surface area (Å²) in [7, 11) is 0. The van der Waals surface area contributed by atoms with Gasteiger partial charge in [-0.05, 0) is 25.7 Å². The van der Waals surface area contributed by atoms with Gasteiger partial charge in [0.05, 0.1) is 22.8 Å². The number of carbonyl (C=O) groups is 1. The normalized spacial score (nSPS) is 29.0. The summed E-state index contributed by atoms with van der Waals surface area (Å²) in [5, 5.41) is 25.9. The minimum Gasteiger partial charge on any atom is -0.370 e. The summed E-state index contributed by atoms with van der Waals surface area (Å²) in [5.74, 6) is -0.940. The predicted octanol–water partition coefficient (Wildman–Crippen LogP) is 2.25. The third-order valence-corrected chi connectivity index (χ3v) is 5.14. The molecular weight excluding hydrogens is 330 g/mol. The fraction of sp³-hybridized carbons (Fsp3) is 0.625. The molecule has 8 heteroatoms. The first-order chi connectivity index (χ1) is 11.3. The summed E-state index contributed by atoms with van der Waals surface area (Å²) in [6, 6.07) is 3.73. The number of halogens is 1. The van der Waals surface area contributed by atoms with Crippen LogP contribution in [0.4, 0.5) is 0 Å². The average molecular weight is 350 g/mol. The maximum absolute atomic E-state index is 12.1. The summed E-state index contributed by atoms with van der Waals surface area (Å²) >= 11 is 6.09. The summed E-state index contributed by atoms with van der Waals surface area (Å²) in [6.07, 6.45) is 4.15. The number of carbonyl (C=O) groups excluding carboxylic acids is 1. The highest BCUT2D eigenvalue weighted by Gasteiger charge is 2.62. The van der Waals surface area contributed by atoms with E-state index in [1.165, 1.54) is 6.42 Å². The van der Waals surface area contributed by atoms with Crippen molar-refractivity contribution in [1.29, 1.82) is 10.5 Å². The molecule has 0 spiro atoms. The number of nitrogens with zero attached hydrogens (tertiary/aromatic N) is 3. The number of amides is 1. The van der Waals surface area contributed by atoms with E-state index in [0.717, 1.165) is 31.4 Å². The average Bonchev–Trinajstić information content (AvgIpc) is 2.55. The minimum atomic E-state index is -1.90. The molecule has 1 aliphatic heterocycles. The molecule has 1 amide bonds. The number of hydrogen-bond acceptors (Lipinski definition) is 6. The lowest BCUT2D eigenvalue weighted by atomic mass is 9.59. The van der Waals surface area contributed by atoms with Crippen LogP contribution in [0.1, 0.15) is 46.0 Å². The predicted molar refractivity (Wildman–Crippen MR) is 88.0 cm³/mol. The Labute approximate surface area is 146 Å². The Morgan fingerprint density at radius 1 is 1.38 bits per heavy atom. The number of nitrogens with two attached hydrogens (primary N) is 1. The number of nitriles is 2. The Morgan fingerprint density at radius 2 is 2.00 bits per heavy atom. The molecule has 0 unspecified atom stereocenters. The van der Waals surface area contributed by atoms with Crippen molar-refractivity contribution in [3.63, 3.8) is 0 Å². The number of oxime groups is 1. The third kappa shape index (κ3) is 2.70. The molecule has 1 heterocycles. The van der Waals surface area contributed by atoms with Crippen LogP contribution >= 0.6 is 11.6 Å². The van der Waals surface area contributed by atoms with Crippen LogP contribution in [-0.4, -0.2) is 17.8 Å². The highest BCUT2D eigenvalue weighted by molar-refractivity contribution is 6.30. The smallest absolute Gasteiger partial charge is 0.244 e. The molecule has 0 aromatic rings. The van der Waals surface area contributed by atoms with Crippen LogP contribution in [0.15, 0.2) is 15.9 Å². The maximum atomic E-state index is 12.1. The van der Waals surface area contributed by atoms with E-state index in [4.69, 9.17) is 22.2 Å². The molecule has 0 aromatic heterocycles. The first-order valence-corrected chi connectivity index (χ1v) is 8.18. The Balaban J connectivity index is 2.42. The SMILES string of the molecule is CC1(C)[C@@H](ON=C2CCCCC2)NC(Cl)=C(C#N)[C@@]1(C#N)C(N)=O. The van der Waals surface area contributed by atoms with E-state index in [0.29, 0.717) is 0 Å². The van der Waals surface area contributed by atoms with Crippen LogP contribution in [-0.2, 0) is 9.63 Å². The van der Waals surface area contributed by atoms with E-state index in [1.54, 1.807) is 13.8 Å². The van der Waals surface area contributed by atoms with Gasteiger partial charge in [0.2, 0.25) is 12.1 Å². The second-order valence-corrected chi connectivity index (χ2v) is 6.97. The molecular formula is C16H20ClN5O2. The first kappa shape index (κ1) is 18.1. The molecule has 0 bridgehead atoms. The fourth-order valence-electron chi connectivity index (χ4n) is 3.22. The van der Waals surface area contributed by atoms with Crippen LogP contribution in [0, 0.1) is 33.5 Å². The van der Waals surface area contributed by atoms with E-state index in [-0.39, 0.29) is 10.7 Å². The Hall–Kier alpha value is -2.25. The van der Waals surface area contributed by atoms with E-state index in [2.05, 4.69) is 10.5 Å². The fourth-order valence-corrected chi connectivity index (χ4v) is 3.50. The summed E-state index contributed by atoms with van der Waals surface area (Å²) in [6.45, 7) is 3.25. The molecule has 1 fully saturated rings. The lowest BCUT2D eigenvalue weighted by Crippen LogP contribution is -2.61. The number of rotatable bonds is 3. The van der Waals surface area contributed by atoms with Gasteiger partial charge in [0.15, 0.2) is 5.41 Å². The quantitative estimate of drug-likeness (QED) is 0.597. The number of hydrogen-bond donors (Lipinski definition) is 2. The standard InChI is InChI=1S/C16H20ClN5O2/c1-15(2)14(24-22-10-6-4-3-5-7-10)21-12(17)11(8-18)16(15,9-19)13(20)23/h14,21H,3-7H2,1-2H3,(H2,20,23)/t14-,16+/m1/s1. The summed E-state index contributed by atoms with van der Waals surface area (Å²) < 4.78 is 0. The second-order valence-electron chi connectivity index (χ2n) is 6.60. The van der Waals surface area contributed by atoms with Gasteiger partial charge in [-0.1, -0.05) is 37.0 Å². The molecule has 2 rings (SSSR count). The summed E-state index contributed by atoms with van der Waals surface area (Å²) in [4.78, 5) is 17.7. The molecule has 7 nitrogen and oxygen atoms in total. The Morgan fingerprint density at radius 3 is 2.50 bits per heavy atom. The largest absolute Gasteiger partial charge is 0.370 e. The van der Waals surface area contributed by atoms with Crippen LogP contribution in [0.2, 0.25) is 0 Å². The summed E-state index contributed by atoms with van der Waals surface area (Å²) in [5.41, 5.74) is 3.17. The van der Waals surface area contributed by atoms with E-state index >= 15 is 0 Å². The number of primary amides is 1. The van der Waals surface area contributed by atoms with E-state index < -0.39 is 23.0 Å². The number of nitrogens with one attached hydrogen (secondary N) is 1. The lowest BCUT2D eigenvalue weighted by Gasteiger charge is -2.46. The van der Waals surface area contributed by atoms with Crippen molar-refractivity contribution in [3.05, 3.63) is 10.7 Å². The van der Waals surface area contributed by atoms with Gasteiger partial charge in [-0.2, -0.15) is 10.5 Å². The van der Waals surface area contributed by atoms with Crippen molar-refractivity contribution in [1.82, 2.24) is 5.32 Å². The van der Waals surface area contributed by atoms with Gasteiger partial charge < -0.3 is 15.9 Å². The van der Waals surface area contributed by atoms with Gasteiger partial charge >= 0.3 is 0 Å². The van der Waals surface area contributed by atoms with Crippen molar-refractivity contribution >= 4 is 23.2 Å². The Bertz CT molecular complexity index is 678. The Kier molecular flexibility index (Phi) is 5.05. The van der Waals surface area contributed by atoms with Crippen molar-refractivity contribution in [3.8, 4) is 12.1 Å². The van der Waals surface area contributed by atoms with Crippen LogP contribution in [0.3, 0.4) is 0 Å². The maximum Gasteiger partial charge on any atom is 0.244 e. The van der Waals surface area contributed by atoms with Crippen molar-refractivity contribution in [2.75, 3.05) is 0 Å². The van der Waals surface area contributed by atoms with Gasteiger partial charge in [-0.15, -0.1) is 0 Å². The highest BCUT2D eigenvalue weighted by atomic mass is 35.5. The molecule has 0 radical (unpaired) electrons. The van der Waals surface area contributed by atoms with Crippen molar-refractivity contribution in [2.45, 2.75) is 52.2 Å². The van der Waals surface area contributed by atoms with E-state index in [9.17, 15) is 15.3 Å². The molecule has 128 valence electrons. The lowest BCUT2D eigenvalue weighted by molar-refractivity contribution is -0.139. The minimum absolute atomic E-state index is 0.119. The van der Waals surface area contributed by atoms with Gasteiger partial charge in [0.25, 0.3) is 0 Å². The zero-order valence-electron chi connectivity index (χ0n) is 13.7. The second kappa shape index (κ2) is 6.70. The van der Waals surface area contributed by atoms with Crippen molar-refractivity contribution in [2.24, 2.45) is 21.7 Å². The molecule has 2 aliphatic rings. The van der Waals surface area contributed by atoms with Crippen molar-refractivity contribution < 1.29 is 9.63 Å². The zero-order chi connectivity index (χ0) is 18.0. The van der Waals surface area contributed by atoms with Crippen LogP contribution < -0.4 is 11.1 Å².